The molecule has 0 aliphatic heterocycles. The lowest BCUT2D eigenvalue weighted by molar-refractivity contribution is -0.870. The van der Waals surface area contributed by atoms with Crippen molar-refractivity contribution in [3.05, 3.63) is 85.1 Å². The van der Waals surface area contributed by atoms with Gasteiger partial charge in [-0.3, -0.25) is 23.4 Å². The third-order valence-electron chi connectivity index (χ3n) is 8.87. The molecule has 0 radical (unpaired) electrons. The lowest BCUT2D eigenvalue weighted by atomic mass is 10.1. The fraction of sp³-hybridized carbons (Fsp3) is 0.646. The third kappa shape index (κ3) is 42.8. The fourth-order valence-electron chi connectivity index (χ4n) is 5.32. The Morgan fingerprint density at radius 3 is 1.64 bits per heavy atom. The molecule has 0 bridgehead atoms. The quantitative estimate of drug-likeness (QED) is 0.0122. The summed E-state index contributed by atoms with van der Waals surface area (Å²) in [7, 11) is 1.30. The number of hydrogen-bond donors (Lipinski definition) is 1. The highest BCUT2D eigenvalue weighted by atomic mass is 31.2. The largest absolute Gasteiger partial charge is 0.472 e. The van der Waals surface area contributed by atoms with Gasteiger partial charge in [-0.25, -0.2) is 4.57 Å². The molecule has 0 amide bonds. The number of likely N-dealkylation sites (N-methyl/N-ethyl adjacent to an activating group) is 1. The number of rotatable bonds is 39. The average molecular weight is 847 g/mol. The van der Waals surface area contributed by atoms with E-state index >= 15 is 0 Å². The number of unbranched alkanes of at least 4 members (excludes halogenated alkanes) is 10. The van der Waals surface area contributed by atoms with E-state index in [4.69, 9.17) is 18.5 Å². The molecule has 336 valence electrons. The molecule has 0 saturated heterocycles. The molecule has 0 fully saturated rings. The minimum absolute atomic E-state index is 0.0197. The number of esters is 2. The summed E-state index contributed by atoms with van der Waals surface area (Å²) in [6, 6.07) is 0. The van der Waals surface area contributed by atoms with Crippen LogP contribution in [0.4, 0.5) is 0 Å². The van der Waals surface area contributed by atoms with Crippen molar-refractivity contribution < 1.29 is 46.8 Å². The molecule has 59 heavy (non-hydrogen) atoms. The molecule has 0 aromatic rings. The van der Waals surface area contributed by atoms with Crippen LogP contribution in [0.2, 0.25) is 0 Å². The highest BCUT2D eigenvalue weighted by molar-refractivity contribution is 7.47. The second kappa shape index (κ2) is 39.0. The van der Waals surface area contributed by atoms with E-state index in [1.165, 1.54) is 51.0 Å². The number of allylic oxidation sites excluding steroid dienone is 14. The van der Waals surface area contributed by atoms with Gasteiger partial charge in [0.15, 0.2) is 11.9 Å². The number of quaternary nitrogens is 1. The number of phosphoric acid groups is 1. The molecule has 0 spiro atoms. The van der Waals surface area contributed by atoms with Gasteiger partial charge in [0.05, 0.1) is 27.7 Å². The lowest BCUT2D eigenvalue weighted by Gasteiger charge is -2.24. The maximum atomic E-state index is 12.7. The van der Waals surface area contributed by atoms with Gasteiger partial charge >= 0.3 is 19.8 Å². The van der Waals surface area contributed by atoms with E-state index in [1.54, 1.807) is 6.08 Å². The SMILES string of the molecule is CCCCC/C=C\C/C=C\C/C=C\C=C\C(=O)CCCC(=O)O[C@H](COC(=O)CCCCCC/C=C\C/C=C\C/C=C\CCCCC)COP(=O)(O)OCC[N+](C)(C)C. The van der Waals surface area contributed by atoms with E-state index in [0.717, 1.165) is 57.8 Å². The number of carbonyl (C=O) groups is 3. The van der Waals surface area contributed by atoms with Gasteiger partial charge in [-0.15, -0.1) is 0 Å². The molecule has 2 atom stereocenters. The summed E-state index contributed by atoms with van der Waals surface area (Å²) in [5.74, 6) is -1.21. The van der Waals surface area contributed by atoms with Crippen LogP contribution >= 0.6 is 7.82 Å². The molecule has 11 heteroatoms. The zero-order valence-electron chi connectivity index (χ0n) is 37.4. The third-order valence-corrected chi connectivity index (χ3v) is 9.86. The molecular weight excluding hydrogens is 766 g/mol. The van der Waals surface area contributed by atoms with Gasteiger partial charge in [-0.05, 0) is 83.1 Å². The van der Waals surface area contributed by atoms with E-state index in [9.17, 15) is 23.8 Å². The van der Waals surface area contributed by atoms with Crippen LogP contribution in [0.3, 0.4) is 0 Å². The van der Waals surface area contributed by atoms with Crippen LogP contribution in [-0.4, -0.2) is 80.7 Å². The zero-order valence-corrected chi connectivity index (χ0v) is 38.3. The molecular formula is C48H81NO9P+. The van der Waals surface area contributed by atoms with Crippen LogP contribution in [-0.2, 0) is 37.5 Å². The Morgan fingerprint density at radius 2 is 1.08 bits per heavy atom. The summed E-state index contributed by atoms with van der Waals surface area (Å²) in [6.07, 6.45) is 46.3. The van der Waals surface area contributed by atoms with Gasteiger partial charge in [-0.1, -0.05) is 131 Å². The van der Waals surface area contributed by atoms with E-state index in [0.29, 0.717) is 17.4 Å². The molecule has 0 rings (SSSR count). The molecule has 0 aromatic heterocycles. The standard InChI is InChI=1S/C48H80NO9P/c1-6-8-10-12-14-16-18-20-21-22-23-25-27-29-31-33-35-39-47(51)55-43-46(44-57-59(53,54)56-42-41-49(3,4)5)58-48(52)40-36-38-45(50)37-34-32-30-28-26-24-19-17-15-13-11-9-7-2/h14-17,20-21,23-26,30,32,34,37,46H,6-13,18-19,22,27-29,31,33,35-36,38-44H2,1-5H3/p+1/b16-14-,17-15-,21-20-,25-23-,26-24-,32-30-,37-34+/t46-/m1/s1. The van der Waals surface area contributed by atoms with E-state index < -0.39 is 32.5 Å². The molecule has 1 unspecified atom stereocenters. The first kappa shape index (κ1) is 55.9. The van der Waals surface area contributed by atoms with Crippen molar-refractivity contribution in [1.29, 1.82) is 0 Å². The van der Waals surface area contributed by atoms with Crippen LogP contribution in [0.15, 0.2) is 85.1 Å². The van der Waals surface area contributed by atoms with E-state index in [-0.39, 0.29) is 44.7 Å². The van der Waals surface area contributed by atoms with Crippen molar-refractivity contribution >= 4 is 25.5 Å². The number of ketones is 1. The molecule has 0 saturated carbocycles. The van der Waals surface area contributed by atoms with Gasteiger partial charge in [-0.2, -0.15) is 0 Å². The summed E-state index contributed by atoms with van der Waals surface area (Å²) in [4.78, 5) is 47.6. The maximum Gasteiger partial charge on any atom is 0.472 e. The van der Waals surface area contributed by atoms with E-state index in [1.807, 2.05) is 33.3 Å². The smallest absolute Gasteiger partial charge is 0.462 e. The van der Waals surface area contributed by atoms with Gasteiger partial charge in [0.25, 0.3) is 0 Å². The molecule has 10 nitrogen and oxygen atoms in total. The van der Waals surface area contributed by atoms with Gasteiger partial charge in [0, 0.05) is 19.3 Å². The van der Waals surface area contributed by atoms with Crippen molar-refractivity contribution in [1.82, 2.24) is 0 Å². The Hall–Kier alpha value is -3.14. The monoisotopic (exact) mass is 847 g/mol. The lowest BCUT2D eigenvalue weighted by Crippen LogP contribution is -2.37. The second-order valence-electron chi connectivity index (χ2n) is 15.8. The van der Waals surface area contributed by atoms with Gasteiger partial charge in [0.1, 0.15) is 19.8 Å². The summed E-state index contributed by atoms with van der Waals surface area (Å²) < 4.78 is 34.0. The van der Waals surface area contributed by atoms with Crippen LogP contribution in [0.5, 0.6) is 0 Å². The average Bonchev–Trinajstić information content (AvgIpc) is 3.18. The van der Waals surface area contributed by atoms with Crippen LogP contribution in [0.1, 0.15) is 149 Å². The first-order chi connectivity index (χ1) is 28.4. The van der Waals surface area contributed by atoms with Gasteiger partial charge < -0.3 is 18.9 Å². The minimum Gasteiger partial charge on any atom is -0.462 e. The molecule has 0 heterocycles. The van der Waals surface area contributed by atoms with Gasteiger partial charge in [0.2, 0.25) is 0 Å². The molecule has 0 aliphatic carbocycles. The normalized spacial score (nSPS) is 14.3. The second-order valence-corrected chi connectivity index (χ2v) is 17.2. The topological polar surface area (TPSA) is 125 Å². The first-order valence-electron chi connectivity index (χ1n) is 22.3. The summed E-state index contributed by atoms with van der Waals surface area (Å²) >= 11 is 0. The van der Waals surface area contributed by atoms with Crippen LogP contribution in [0, 0.1) is 0 Å². The minimum atomic E-state index is -4.45. The van der Waals surface area contributed by atoms with Crippen molar-refractivity contribution in [3.8, 4) is 0 Å². The number of carbonyl (C=O) groups excluding carboxylic acids is 3. The Bertz CT molecular complexity index is 1340. The number of nitrogens with zero attached hydrogens (tertiary/aromatic N) is 1. The van der Waals surface area contributed by atoms with Crippen LogP contribution < -0.4 is 0 Å². The number of hydrogen-bond acceptors (Lipinski definition) is 8. The fourth-order valence-corrected chi connectivity index (χ4v) is 6.07. The Balaban J connectivity index is 4.62. The van der Waals surface area contributed by atoms with Crippen molar-refractivity contribution in [2.45, 2.75) is 155 Å². The molecule has 0 aromatic carbocycles. The molecule has 1 N–H and O–H groups in total. The number of phosphoric ester groups is 1. The summed E-state index contributed by atoms with van der Waals surface area (Å²) in [5, 5.41) is 0. The first-order valence-corrected chi connectivity index (χ1v) is 23.8. The molecule has 0 aliphatic rings. The Labute approximate surface area is 358 Å². The summed E-state index contributed by atoms with van der Waals surface area (Å²) in [6.45, 7) is 4.03. The van der Waals surface area contributed by atoms with E-state index in [2.05, 4.69) is 74.6 Å². The van der Waals surface area contributed by atoms with Crippen molar-refractivity contribution in [3.63, 3.8) is 0 Å². The Morgan fingerprint density at radius 1 is 0.576 bits per heavy atom. The highest BCUT2D eigenvalue weighted by Gasteiger charge is 2.27. The highest BCUT2D eigenvalue weighted by Crippen LogP contribution is 2.43. The number of ether oxygens (including phenoxy) is 2. The van der Waals surface area contributed by atoms with Crippen molar-refractivity contribution in [2.75, 3.05) is 47.5 Å². The maximum absolute atomic E-state index is 12.7. The predicted molar refractivity (Wildman–Crippen MR) is 243 cm³/mol. The predicted octanol–water partition coefficient (Wildman–Crippen LogP) is 12.0. The summed E-state index contributed by atoms with van der Waals surface area (Å²) in [5.41, 5.74) is 0. The Kier molecular flexibility index (Phi) is 36.9. The van der Waals surface area contributed by atoms with Crippen LogP contribution in [0.25, 0.3) is 0 Å². The van der Waals surface area contributed by atoms with Crippen molar-refractivity contribution in [2.24, 2.45) is 0 Å². The zero-order chi connectivity index (χ0) is 43.7.